The first kappa shape index (κ1) is 15.2. The Morgan fingerprint density at radius 3 is 2.89 bits per heavy atom. The van der Waals surface area contributed by atoms with Crippen LogP contribution >= 0.6 is 27.3 Å². The average Bonchev–Trinajstić information content (AvgIpc) is 2.72. The van der Waals surface area contributed by atoms with E-state index in [1.807, 2.05) is 6.92 Å². The van der Waals surface area contributed by atoms with Gasteiger partial charge in [-0.05, 0) is 53.9 Å². The summed E-state index contributed by atoms with van der Waals surface area (Å²) in [5.41, 5.74) is 2.27. The Labute approximate surface area is 126 Å². The first-order valence-corrected chi connectivity index (χ1v) is 9.22. The quantitative estimate of drug-likeness (QED) is 0.788. The van der Waals surface area contributed by atoms with Crippen LogP contribution in [0.5, 0.6) is 0 Å². The van der Waals surface area contributed by atoms with E-state index in [0.717, 1.165) is 35.3 Å². The molecule has 1 aromatic rings. The Bertz CT molecular complexity index is 559. The molecule has 0 aromatic carbocycles. The standard InChI is InChI=1S/C12H17BrN2O2S2/c1-9-8-11(18-12(9)13)19(16,17)15-7-4-10-2-5-14-6-3-10/h2,8,14-15H,3-7H2,1H3. The third kappa shape index (κ3) is 4.13. The molecule has 0 aliphatic carbocycles. The zero-order chi connectivity index (χ0) is 13.9. The SMILES string of the molecule is Cc1cc(S(=O)(=O)NCCC2=CCNCC2)sc1Br. The van der Waals surface area contributed by atoms with Gasteiger partial charge in [-0.2, -0.15) is 0 Å². The van der Waals surface area contributed by atoms with E-state index in [9.17, 15) is 8.42 Å². The van der Waals surface area contributed by atoms with Crippen LogP contribution in [-0.2, 0) is 10.0 Å². The van der Waals surface area contributed by atoms with Gasteiger partial charge in [-0.15, -0.1) is 11.3 Å². The van der Waals surface area contributed by atoms with Gasteiger partial charge in [-0.25, -0.2) is 13.1 Å². The highest BCUT2D eigenvalue weighted by Gasteiger charge is 2.17. The van der Waals surface area contributed by atoms with Gasteiger partial charge in [-0.3, -0.25) is 0 Å². The third-order valence-corrected chi connectivity index (χ3v) is 7.07. The van der Waals surface area contributed by atoms with Crippen LogP contribution in [0.25, 0.3) is 0 Å². The van der Waals surface area contributed by atoms with Crippen molar-refractivity contribution in [2.45, 2.75) is 24.0 Å². The highest BCUT2D eigenvalue weighted by molar-refractivity contribution is 9.11. The summed E-state index contributed by atoms with van der Waals surface area (Å²) >= 11 is 4.60. The summed E-state index contributed by atoms with van der Waals surface area (Å²) in [5, 5.41) is 3.24. The molecule has 19 heavy (non-hydrogen) atoms. The Balaban J connectivity index is 1.92. The van der Waals surface area contributed by atoms with Crippen LogP contribution in [0.1, 0.15) is 18.4 Å². The second kappa shape index (κ2) is 6.49. The van der Waals surface area contributed by atoms with Crippen molar-refractivity contribution in [3.63, 3.8) is 0 Å². The molecule has 1 aliphatic heterocycles. The van der Waals surface area contributed by atoms with Crippen LogP contribution in [0.3, 0.4) is 0 Å². The van der Waals surface area contributed by atoms with Crippen LogP contribution in [0.15, 0.2) is 25.7 Å². The van der Waals surface area contributed by atoms with Crippen molar-refractivity contribution < 1.29 is 8.42 Å². The zero-order valence-electron chi connectivity index (χ0n) is 10.7. The lowest BCUT2D eigenvalue weighted by Gasteiger charge is -2.14. The number of hydrogen-bond acceptors (Lipinski definition) is 4. The third-order valence-electron chi connectivity index (χ3n) is 3.00. The number of halogens is 1. The van der Waals surface area contributed by atoms with E-state index >= 15 is 0 Å². The van der Waals surface area contributed by atoms with Gasteiger partial charge in [0, 0.05) is 13.1 Å². The van der Waals surface area contributed by atoms with Crippen molar-refractivity contribution in [2.24, 2.45) is 0 Å². The van der Waals surface area contributed by atoms with Gasteiger partial charge in [-0.1, -0.05) is 11.6 Å². The Morgan fingerprint density at radius 2 is 2.32 bits per heavy atom. The molecule has 0 spiro atoms. The number of aryl methyl sites for hydroxylation is 1. The van der Waals surface area contributed by atoms with Crippen molar-refractivity contribution in [3.05, 3.63) is 27.1 Å². The largest absolute Gasteiger partial charge is 0.313 e. The molecule has 2 N–H and O–H groups in total. The molecular formula is C12H17BrN2O2S2. The summed E-state index contributed by atoms with van der Waals surface area (Å²) < 4.78 is 28.1. The van der Waals surface area contributed by atoms with Crippen LogP contribution in [0.4, 0.5) is 0 Å². The van der Waals surface area contributed by atoms with Crippen LogP contribution in [-0.4, -0.2) is 28.1 Å². The lowest BCUT2D eigenvalue weighted by molar-refractivity contribution is 0.582. The predicted octanol–water partition coefficient (Wildman–Crippen LogP) is 2.41. The number of sulfonamides is 1. The first-order valence-electron chi connectivity index (χ1n) is 6.13. The second-order valence-corrected chi connectivity index (χ2v) is 8.85. The van der Waals surface area contributed by atoms with Gasteiger partial charge < -0.3 is 5.32 Å². The Morgan fingerprint density at radius 1 is 1.53 bits per heavy atom. The van der Waals surface area contributed by atoms with Gasteiger partial charge in [0.25, 0.3) is 0 Å². The van der Waals surface area contributed by atoms with Crippen LogP contribution in [0, 0.1) is 6.92 Å². The minimum absolute atomic E-state index is 0.371. The number of nitrogens with one attached hydrogen (secondary N) is 2. The monoisotopic (exact) mass is 364 g/mol. The summed E-state index contributed by atoms with van der Waals surface area (Å²) in [6, 6.07) is 1.70. The molecule has 0 saturated carbocycles. The van der Waals surface area contributed by atoms with Gasteiger partial charge in [0.1, 0.15) is 4.21 Å². The minimum Gasteiger partial charge on any atom is -0.313 e. The molecular weight excluding hydrogens is 348 g/mol. The van der Waals surface area contributed by atoms with Gasteiger partial charge in [0.15, 0.2) is 0 Å². The number of rotatable bonds is 5. The summed E-state index contributed by atoms with van der Waals surface area (Å²) in [6.07, 6.45) is 3.93. The van der Waals surface area contributed by atoms with Gasteiger partial charge in [0.05, 0.1) is 3.79 Å². The fourth-order valence-corrected chi connectivity index (χ4v) is 5.18. The zero-order valence-corrected chi connectivity index (χ0v) is 13.9. The van der Waals surface area contributed by atoms with Crippen molar-refractivity contribution in [3.8, 4) is 0 Å². The minimum atomic E-state index is -3.37. The molecule has 2 rings (SSSR count). The normalized spacial score (nSPS) is 16.4. The van der Waals surface area contributed by atoms with Crippen LogP contribution < -0.4 is 10.0 Å². The summed E-state index contributed by atoms with van der Waals surface area (Å²) in [7, 11) is -3.37. The molecule has 2 heterocycles. The lowest BCUT2D eigenvalue weighted by atomic mass is 10.1. The van der Waals surface area contributed by atoms with Crippen molar-refractivity contribution in [2.75, 3.05) is 19.6 Å². The maximum atomic E-state index is 12.1. The fourth-order valence-electron chi connectivity index (χ4n) is 1.88. The predicted molar refractivity (Wildman–Crippen MR) is 82.1 cm³/mol. The van der Waals surface area contributed by atoms with Crippen molar-refractivity contribution >= 4 is 37.3 Å². The lowest BCUT2D eigenvalue weighted by Crippen LogP contribution is -2.26. The van der Waals surface area contributed by atoms with Crippen molar-refractivity contribution in [1.29, 1.82) is 0 Å². The van der Waals surface area contributed by atoms with Crippen molar-refractivity contribution in [1.82, 2.24) is 10.0 Å². The van der Waals surface area contributed by atoms with E-state index in [2.05, 4.69) is 32.0 Å². The molecule has 0 fully saturated rings. The molecule has 106 valence electrons. The smallest absolute Gasteiger partial charge is 0.250 e. The molecule has 0 atom stereocenters. The molecule has 0 bridgehead atoms. The maximum Gasteiger partial charge on any atom is 0.250 e. The molecule has 4 nitrogen and oxygen atoms in total. The molecule has 0 amide bonds. The van der Waals surface area contributed by atoms with E-state index in [1.165, 1.54) is 16.9 Å². The summed E-state index contributed by atoms with van der Waals surface area (Å²) in [5.74, 6) is 0. The highest BCUT2D eigenvalue weighted by Crippen LogP contribution is 2.30. The molecule has 0 radical (unpaired) electrons. The fraction of sp³-hybridized carbons (Fsp3) is 0.500. The van der Waals surface area contributed by atoms with E-state index in [0.29, 0.717) is 10.8 Å². The first-order chi connectivity index (χ1) is 8.99. The van der Waals surface area contributed by atoms with Gasteiger partial charge >= 0.3 is 0 Å². The number of thiophene rings is 1. The van der Waals surface area contributed by atoms with Gasteiger partial charge in [0.2, 0.25) is 10.0 Å². The van der Waals surface area contributed by atoms with E-state index < -0.39 is 10.0 Å². The Kier molecular flexibility index (Phi) is 5.19. The van der Waals surface area contributed by atoms with E-state index in [-0.39, 0.29) is 0 Å². The molecule has 1 aliphatic rings. The molecule has 0 unspecified atom stereocenters. The van der Waals surface area contributed by atoms with E-state index in [1.54, 1.807) is 6.07 Å². The molecule has 0 saturated heterocycles. The van der Waals surface area contributed by atoms with Crippen LogP contribution in [0.2, 0.25) is 0 Å². The summed E-state index contributed by atoms with van der Waals surface area (Å²) in [4.78, 5) is 0. The second-order valence-electron chi connectivity index (χ2n) is 4.49. The molecule has 1 aromatic heterocycles. The highest BCUT2D eigenvalue weighted by atomic mass is 79.9. The molecule has 7 heteroatoms. The van der Waals surface area contributed by atoms with E-state index in [4.69, 9.17) is 0 Å². The average molecular weight is 365 g/mol. The topological polar surface area (TPSA) is 58.2 Å². The maximum absolute atomic E-state index is 12.1. The summed E-state index contributed by atoms with van der Waals surface area (Å²) in [6.45, 7) is 4.22. The Hall–Kier alpha value is -0.210. The number of hydrogen-bond donors (Lipinski definition) is 2.